The van der Waals surface area contributed by atoms with Crippen LogP contribution in [0.4, 0.5) is 0 Å². The molecule has 90 valence electrons. The highest BCUT2D eigenvalue weighted by Gasteiger charge is 2.19. The molecule has 0 spiro atoms. The summed E-state index contributed by atoms with van der Waals surface area (Å²) >= 11 is 0. The van der Waals surface area contributed by atoms with Crippen molar-refractivity contribution < 1.29 is 18.5 Å². The highest BCUT2D eigenvalue weighted by molar-refractivity contribution is 5.86. The van der Waals surface area contributed by atoms with Crippen molar-refractivity contribution in [2.75, 3.05) is 6.61 Å². The molecule has 0 aromatic carbocycles. The first-order valence-electron chi connectivity index (χ1n) is 5.19. The molecular weight excluding hydrogens is 224 g/mol. The van der Waals surface area contributed by atoms with Crippen molar-refractivity contribution in [1.29, 1.82) is 0 Å². The fourth-order valence-corrected chi connectivity index (χ4v) is 1.47. The first-order chi connectivity index (χ1) is 8.13. The van der Waals surface area contributed by atoms with Crippen molar-refractivity contribution in [3.8, 4) is 11.5 Å². The van der Waals surface area contributed by atoms with Gasteiger partial charge in [0, 0.05) is 0 Å². The molecule has 0 saturated heterocycles. The Morgan fingerprint density at radius 2 is 2.24 bits per heavy atom. The summed E-state index contributed by atoms with van der Waals surface area (Å²) in [6, 6.07) is 0. The minimum Gasteiger partial charge on any atom is -0.460 e. The van der Waals surface area contributed by atoms with Gasteiger partial charge >= 0.3 is 5.97 Å². The number of hydrogen-bond acceptors (Lipinski definition) is 6. The second-order valence-corrected chi connectivity index (χ2v) is 3.45. The van der Waals surface area contributed by atoms with Gasteiger partial charge in [-0.25, -0.2) is 9.78 Å². The predicted octanol–water partition coefficient (Wildman–Crippen LogP) is 2.12. The molecule has 0 N–H and O–H groups in total. The highest BCUT2D eigenvalue weighted by atomic mass is 16.5. The van der Waals surface area contributed by atoms with E-state index in [-0.39, 0.29) is 5.76 Å². The smallest absolute Gasteiger partial charge is 0.375 e. The monoisotopic (exact) mass is 236 g/mol. The van der Waals surface area contributed by atoms with Crippen molar-refractivity contribution in [3.63, 3.8) is 0 Å². The van der Waals surface area contributed by atoms with Crippen molar-refractivity contribution in [3.05, 3.63) is 23.4 Å². The molecule has 0 atom stereocenters. The summed E-state index contributed by atoms with van der Waals surface area (Å²) < 4.78 is 15.1. The van der Waals surface area contributed by atoms with E-state index in [0.29, 0.717) is 29.5 Å². The average Bonchev–Trinajstić information content (AvgIpc) is 2.86. The molecule has 6 heteroatoms. The standard InChI is InChI=1S/C11H12N2O4/c1-4-15-11(14)8-5-12-10(16-8)9-6(2)13-17-7(9)3/h5H,4H2,1-3H3. The Labute approximate surface area is 97.6 Å². The van der Waals surface area contributed by atoms with Crippen LogP contribution in [-0.4, -0.2) is 22.7 Å². The van der Waals surface area contributed by atoms with Crippen molar-refractivity contribution in [1.82, 2.24) is 10.1 Å². The van der Waals surface area contributed by atoms with Gasteiger partial charge in [0.05, 0.1) is 18.5 Å². The fraction of sp³-hybridized carbons (Fsp3) is 0.364. The maximum atomic E-state index is 11.4. The van der Waals surface area contributed by atoms with Gasteiger partial charge in [0.2, 0.25) is 11.7 Å². The van der Waals surface area contributed by atoms with Gasteiger partial charge in [-0.15, -0.1) is 0 Å². The summed E-state index contributed by atoms with van der Waals surface area (Å²) in [5.74, 6) is 0.448. The van der Waals surface area contributed by atoms with Crippen LogP contribution < -0.4 is 0 Å². The van der Waals surface area contributed by atoms with E-state index in [1.54, 1.807) is 20.8 Å². The Bertz CT molecular complexity index is 522. The van der Waals surface area contributed by atoms with E-state index in [4.69, 9.17) is 13.7 Å². The molecule has 0 saturated carbocycles. The molecule has 2 rings (SSSR count). The number of nitrogens with zero attached hydrogens (tertiary/aromatic N) is 2. The van der Waals surface area contributed by atoms with Gasteiger partial charge in [0.15, 0.2) is 0 Å². The average molecular weight is 236 g/mol. The molecule has 6 nitrogen and oxygen atoms in total. The molecule has 2 aromatic heterocycles. The maximum absolute atomic E-state index is 11.4. The Morgan fingerprint density at radius 3 is 2.82 bits per heavy atom. The third kappa shape index (κ3) is 2.06. The van der Waals surface area contributed by atoms with Gasteiger partial charge < -0.3 is 13.7 Å². The van der Waals surface area contributed by atoms with Crippen LogP contribution in [0.2, 0.25) is 0 Å². The minimum atomic E-state index is -0.530. The minimum absolute atomic E-state index is 0.0712. The molecule has 2 aromatic rings. The molecule has 0 bridgehead atoms. The molecular formula is C11H12N2O4. The number of aromatic nitrogens is 2. The summed E-state index contributed by atoms with van der Waals surface area (Å²) in [6.07, 6.45) is 1.33. The topological polar surface area (TPSA) is 78.4 Å². The van der Waals surface area contributed by atoms with Crippen molar-refractivity contribution >= 4 is 5.97 Å². The number of esters is 1. The van der Waals surface area contributed by atoms with E-state index < -0.39 is 5.97 Å². The third-order valence-electron chi connectivity index (χ3n) is 2.23. The number of ether oxygens (including phenoxy) is 1. The van der Waals surface area contributed by atoms with Crippen LogP contribution >= 0.6 is 0 Å². The lowest BCUT2D eigenvalue weighted by molar-refractivity contribution is 0.0491. The SMILES string of the molecule is CCOC(=O)c1cnc(-c2c(C)noc2C)o1. The quantitative estimate of drug-likeness (QED) is 0.759. The molecule has 0 fully saturated rings. The Hall–Kier alpha value is -2.11. The second-order valence-electron chi connectivity index (χ2n) is 3.45. The van der Waals surface area contributed by atoms with Crippen LogP contribution in [0.25, 0.3) is 11.5 Å². The number of hydrogen-bond donors (Lipinski definition) is 0. The van der Waals surface area contributed by atoms with E-state index in [2.05, 4.69) is 10.1 Å². The molecule has 17 heavy (non-hydrogen) atoms. The normalized spacial score (nSPS) is 10.5. The number of carbonyl (C=O) groups is 1. The largest absolute Gasteiger partial charge is 0.460 e. The van der Waals surface area contributed by atoms with Gasteiger partial charge in [-0.3, -0.25) is 0 Å². The van der Waals surface area contributed by atoms with Gasteiger partial charge in [0.1, 0.15) is 11.3 Å². The molecule has 0 unspecified atom stereocenters. The van der Waals surface area contributed by atoms with Crippen LogP contribution in [0.3, 0.4) is 0 Å². The van der Waals surface area contributed by atoms with Gasteiger partial charge in [-0.1, -0.05) is 5.16 Å². The summed E-state index contributed by atoms with van der Waals surface area (Å²) in [6.45, 7) is 5.55. The molecule has 0 aliphatic rings. The molecule has 0 amide bonds. The van der Waals surface area contributed by atoms with E-state index in [9.17, 15) is 4.79 Å². The highest BCUT2D eigenvalue weighted by Crippen LogP contribution is 2.26. The van der Waals surface area contributed by atoms with Crippen LogP contribution in [0, 0.1) is 13.8 Å². The molecule has 2 heterocycles. The third-order valence-corrected chi connectivity index (χ3v) is 2.23. The lowest BCUT2D eigenvalue weighted by atomic mass is 10.2. The Balaban J connectivity index is 2.33. The molecule has 0 aliphatic carbocycles. The second kappa shape index (κ2) is 4.40. The van der Waals surface area contributed by atoms with E-state index in [0.717, 1.165) is 0 Å². The van der Waals surface area contributed by atoms with E-state index in [1.807, 2.05) is 0 Å². The van der Waals surface area contributed by atoms with Crippen LogP contribution in [0.5, 0.6) is 0 Å². The predicted molar refractivity (Wildman–Crippen MR) is 57.4 cm³/mol. The van der Waals surface area contributed by atoms with Gasteiger partial charge in [-0.2, -0.15) is 0 Å². The van der Waals surface area contributed by atoms with Crippen LogP contribution in [0.1, 0.15) is 28.9 Å². The van der Waals surface area contributed by atoms with Gasteiger partial charge in [0.25, 0.3) is 0 Å². The Morgan fingerprint density at radius 1 is 1.47 bits per heavy atom. The molecule has 0 radical (unpaired) electrons. The summed E-state index contributed by atoms with van der Waals surface area (Å²) in [4.78, 5) is 15.4. The zero-order valence-electron chi connectivity index (χ0n) is 9.81. The van der Waals surface area contributed by atoms with Crippen molar-refractivity contribution in [2.24, 2.45) is 0 Å². The Kier molecular flexibility index (Phi) is 2.95. The van der Waals surface area contributed by atoms with Gasteiger partial charge in [-0.05, 0) is 20.8 Å². The van der Waals surface area contributed by atoms with E-state index in [1.165, 1.54) is 6.20 Å². The van der Waals surface area contributed by atoms with Crippen LogP contribution in [-0.2, 0) is 4.74 Å². The zero-order chi connectivity index (χ0) is 12.4. The van der Waals surface area contributed by atoms with Crippen molar-refractivity contribution in [2.45, 2.75) is 20.8 Å². The lowest BCUT2D eigenvalue weighted by Crippen LogP contribution is -2.02. The lowest BCUT2D eigenvalue weighted by Gasteiger charge is -1.96. The van der Waals surface area contributed by atoms with E-state index >= 15 is 0 Å². The summed E-state index contributed by atoms with van der Waals surface area (Å²) in [7, 11) is 0. The zero-order valence-corrected chi connectivity index (χ0v) is 9.81. The number of oxazole rings is 1. The number of aryl methyl sites for hydroxylation is 2. The van der Waals surface area contributed by atoms with Crippen LogP contribution in [0.15, 0.2) is 15.1 Å². The summed E-state index contributed by atoms with van der Waals surface area (Å²) in [5, 5.41) is 3.79. The maximum Gasteiger partial charge on any atom is 0.375 e. The molecule has 0 aliphatic heterocycles. The summed E-state index contributed by atoms with van der Waals surface area (Å²) in [5.41, 5.74) is 1.33. The first kappa shape index (κ1) is 11.4. The fourth-order valence-electron chi connectivity index (χ4n) is 1.47. The number of carbonyl (C=O) groups excluding carboxylic acids is 1. The first-order valence-corrected chi connectivity index (χ1v) is 5.19. The number of rotatable bonds is 3.